The van der Waals surface area contributed by atoms with Gasteiger partial charge in [0.2, 0.25) is 0 Å². The predicted molar refractivity (Wildman–Crippen MR) is 62.3 cm³/mol. The van der Waals surface area contributed by atoms with Crippen LogP contribution in [0.5, 0.6) is 11.5 Å². The molecule has 0 bridgehead atoms. The quantitative estimate of drug-likeness (QED) is 0.824. The zero-order valence-electron chi connectivity index (χ0n) is 8.58. The molecule has 88 valence electrons. The summed E-state index contributed by atoms with van der Waals surface area (Å²) in [6.07, 6.45) is 0. The van der Waals surface area contributed by atoms with Gasteiger partial charge >= 0.3 is 0 Å². The van der Waals surface area contributed by atoms with E-state index in [1.54, 1.807) is 0 Å². The summed E-state index contributed by atoms with van der Waals surface area (Å²) in [7, 11) is 0. The number of rotatable bonds is 2. The largest absolute Gasteiger partial charge is 0.450 e. The maximum absolute atomic E-state index is 13.4. The molecule has 0 aliphatic rings. The van der Waals surface area contributed by atoms with E-state index in [-0.39, 0.29) is 22.2 Å². The molecule has 2 N–H and O–H groups in total. The van der Waals surface area contributed by atoms with Crippen LogP contribution >= 0.6 is 11.6 Å². The van der Waals surface area contributed by atoms with E-state index in [1.807, 2.05) is 0 Å². The second kappa shape index (κ2) is 4.59. The average Bonchev–Trinajstić information content (AvgIpc) is 2.28. The first-order valence-electron chi connectivity index (χ1n) is 4.75. The van der Waals surface area contributed by atoms with Gasteiger partial charge in [-0.25, -0.2) is 8.78 Å². The normalized spacial score (nSPS) is 10.3. The van der Waals surface area contributed by atoms with Crippen LogP contribution in [-0.4, -0.2) is 0 Å². The number of anilines is 1. The SMILES string of the molecule is Nc1cccc(F)c1Oc1cc(F)ccc1Cl. The number of hydrogen-bond acceptors (Lipinski definition) is 2. The molecule has 0 fully saturated rings. The summed E-state index contributed by atoms with van der Waals surface area (Å²) in [5.41, 5.74) is 5.67. The Balaban J connectivity index is 2.41. The van der Waals surface area contributed by atoms with Gasteiger partial charge in [-0.15, -0.1) is 0 Å². The molecule has 0 radical (unpaired) electrons. The number of nitrogen functional groups attached to an aromatic ring is 1. The third-order valence-corrected chi connectivity index (χ3v) is 2.41. The smallest absolute Gasteiger partial charge is 0.185 e. The molecule has 0 saturated heterocycles. The first-order chi connectivity index (χ1) is 8.08. The fourth-order valence-corrected chi connectivity index (χ4v) is 1.45. The minimum Gasteiger partial charge on any atom is -0.450 e. The highest BCUT2D eigenvalue weighted by Crippen LogP contribution is 2.34. The van der Waals surface area contributed by atoms with Crippen LogP contribution in [0.2, 0.25) is 5.02 Å². The fourth-order valence-electron chi connectivity index (χ4n) is 1.30. The Morgan fingerprint density at radius 2 is 1.88 bits per heavy atom. The van der Waals surface area contributed by atoms with Crippen LogP contribution in [0.25, 0.3) is 0 Å². The Morgan fingerprint density at radius 3 is 2.59 bits per heavy atom. The van der Waals surface area contributed by atoms with Crippen molar-refractivity contribution >= 4 is 17.3 Å². The Kier molecular flexibility index (Phi) is 3.15. The molecule has 2 nitrogen and oxygen atoms in total. The number of nitrogens with two attached hydrogens (primary N) is 1. The van der Waals surface area contributed by atoms with E-state index < -0.39 is 11.6 Å². The standard InChI is InChI=1S/C12H8ClF2NO/c13-8-5-4-7(14)6-11(8)17-12-9(15)2-1-3-10(12)16/h1-6H,16H2. The molecule has 0 spiro atoms. The summed E-state index contributed by atoms with van der Waals surface area (Å²) in [6, 6.07) is 7.69. The van der Waals surface area contributed by atoms with Crippen molar-refractivity contribution in [2.24, 2.45) is 0 Å². The van der Waals surface area contributed by atoms with Crippen LogP contribution in [0.4, 0.5) is 14.5 Å². The number of halogens is 3. The van der Waals surface area contributed by atoms with Crippen molar-refractivity contribution in [1.29, 1.82) is 0 Å². The van der Waals surface area contributed by atoms with Crippen LogP contribution in [0.1, 0.15) is 0 Å². The number of para-hydroxylation sites is 1. The van der Waals surface area contributed by atoms with Gasteiger partial charge in [0, 0.05) is 6.07 Å². The van der Waals surface area contributed by atoms with Crippen molar-refractivity contribution in [3.63, 3.8) is 0 Å². The van der Waals surface area contributed by atoms with Gasteiger partial charge in [0.25, 0.3) is 0 Å². The lowest BCUT2D eigenvalue weighted by Crippen LogP contribution is -1.95. The second-order valence-corrected chi connectivity index (χ2v) is 3.74. The van der Waals surface area contributed by atoms with Crippen LogP contribution in [-0.2, 0) is 0 Å². The van der Waals surface area contributed by atoms with E-state index >= 15 is 0 Å². The predicted octanol–water partition coefficient (Wildman–Crippen LogP) is 3.99. The van der Waals surface area contributed by atoms with Crippen molar-refractivity contribution in [2.75, 3.05) is 5.73 Å². The van der Waals surface area contributed by atoms with Crippen LogP contribution < -0.4 is 10.5 Å². The van der Waals surface area contributed by atoms with Gasteiger partial charge in [-0.3, -0.25) is 0 Å². The average molecular weight is 256 g/mol. The van der Waals surface area contributed by atoms with E-state index in [0.717, 1.165) is 6.07 Å². The Hall–Kier alpha value is -1.81. The van der Waals surface area contributed by atoms with E-state index in [1.165, 1.54) is 30.3 Å². The highest BCUT2D eigenvalue weighted by molar-refractivity contribution is 6.32. The first-order valence-corrected chi connectivity index (χ1v) is 5.12. The van der Waals surface area contributed by atoms with Crippen molar-refractivity contribution < 1.29 is 13.5 Å². The summed E-state index contributed by atoms with van der Waals surface area (Å²) < 4.78 is 31.6. The number of benzene rings is 2. The number of hydrogen-bond donors (Lipinski definition) is 1. The molecular weight excluding hydrogens is 248 g/mol. The summed E-state index contributed by atoms with van der Waals surface area (Å²) in [5.74, 6) is -1.31. The molecule has 5 heteroatoms. The Bertz CT molecular complexity index is 540. The minimum absolute atomic E-state index is 0.0171. The maximum atomic E-state index is 13.4. The van der Waals surface area contributed by atoms with Crippen LogP contribution in [0.3, 0.4) is 0 Å². The van der Waals surface area contributed by atoms with Crippen molar-refractivity contribution in [3.8, 4) is 11.5 Å². The molecule has 0 amide bonds. The van der Waals surface area contributed by atoms with Gasteiger partial charge in [-0.05, 0) is 24.3 Å². The van der Waals surface area contributed by atoms with E-state index in [9.17, 15) is 8.78 Å². The molecule has 0 unspecified atom stereocenters. The Morgan fingerprint density at radius 1 is 1.12 bits per heavy atom. The molecule has 17 heavy (non-hydrogen) atoms. The summed E-state index contributed by atoms with van der Waals surface area (Å²) in [6.45, 7) is 0. The maximum Gasteiger partial charge on any atom is 0.185 e. The highest BCUT2D eigenvalue weighted by atomic mass is 35.5. The topological polar surface area (TPSA) is 35.2 Å². The molecule has 0 aliphatic heterocycles. The van der Waals surface area contributed by atoms with E-state index in [4.69, 9.17) is 22.1 Å². The van der Waals surface area contributed by atoms with Crippen LogP contribution in [0, 0.1) is 11.6 Å². The van der Waals surface area contributed by atoms with Gasteiger partial charge in [0.1, 0.15) is 11.6 Å². The zero-order chi connectivity index (χ0) is 12.4. The lowest BCUT2D eigenvalue weighted by Gasteiger charge is -2.10. The minimum atomic E-state index is -0.634. The molecule has 0 atom stereocenters. The van der Waals surface area contributed by atoms with Crippen molar-refractivity contribution in [2.45, 2.75) is 0 Å². The molecule has 0 aliphatic carbocycles. The molecule has 0 saturated carbocycles. The fraction of sp³-hybridized carbons (Fsp3) is 0. The lowest BCUT2D eigenvalue weighted by molar-refractivity contribution is 0.441. The molecule has 2 aromatic carbocycles. The monoisotopic (exact) mass is 255 g/mol. The van der Waals surface area contributed by atoms with Gasteiger partial charge < -0.3 is 10.5 Å². The second-order valence-electron chi connectivity index (χ2n) is 3.33. The third kappa shape index (κ3) is 2.47. The molecule has 2 aromatic rings. The summed E-state index contributed by atoms with van der Waals surface area (Å²) >= 11 is 5.80. The molecule has 0 heterocycles. The van der Waals surface area contributed by atoms with E-state index in [0.29, 0.717) is 0 Å². The zero-order valence-corrected chi connectivity index (χ0v) is 9.34. The summed E-state index contributed by atoms with van der Waals surface area (Å²) in [5, 5.41) is 0.175. The van der Waals surface area contributed by atoms with Gasteiger partial charge in [0.15, 0.2) is 11.6 Å². The van der Waals surface area contributed by atoms with Crippen LogP contribution in [0.15, 0.2) is 36.4 Å². The highest BCUT2D eigenvalue weighted by Gasteiger charge is 2.11. The molecule has 0 aromatic heterocycles. The van der Waals surface area contributed by atoms with E-state index in [2.05, 4.69) is 0 Å². The number of ether oxygens (including phenoxy) is 1. The lowest BCUT2D eigenvalue weighted by atomic mass is 10.3. The van der Waals surface area contributed by atoms with Gasteiger partial charge in [-0.2, -0.15) is 0 Å². The van der Waals surface area contributed by atoms with Gasteiger partial charge in [0.05, 0.1) is 10.7 Å². The molecule has 2 rings (SSSR count). The van der Waals surface area contributed by atoms with Crippen molar-refractivity contribution in [1.82, 2.24) is 0 Å². The third-order valence-electron chi connectivity index (χ3n) is 2.10. The summed E-state index contributed by atoms with van der Waals surface area (Å²) in [4.78, 5) is 0. The first kappa shape index (κ1) is 11.7. The molecular formula is C12H8ClF2NO. The van der Waals surface area contributed by atoms with Gasteiger partial charge in [-0.1, -0.05) is 17.7 Å². The Labute approximate surface area is 102 Å². The van der Waals surface area contributed by atoms with Crippen molar-refractivity contribution in [3.05, 3.63) is 53.1 Å².